The second-order valence-corrected chi connectivity index (χ2v) is 6.91. The molecule has 0 saturated carbocycles. The van der Waals surface area contributed by atoms with Crippen LogP contribution < -0.4 is 11.1 Å². The number of benzene rings is 2. The van der Waals surface area contributed by atoms with Gasteiger partial charge in [0.15, 0.2) is 0 Å². The number of carbonyl (C=O) groups is 1. The fourth-order valence-corrected chi connectivity index (χ4v) is 3.17. The van der Waals surface area contributed by atoms with Crippen LogP contribution in [0, 0.1) is 0 Å². The molecule has 1 aliphatic heterocycles. The summed E-state index contributed by atoms with van der Waals surface area (Å²) in [5.41, 5.74) is 9.57. The van der Waals surface area contributed by atoms with E-state index in [4.69, 9.17) is 5.73 Å². The highest BCUT2D eigenvalue weighted by Gasteiger charge is 2.16. The zero-order valence-corrected chi connectivity index (χ0v) is 15.0. The molecule has 5 nitrogen and oxygen atoms in total. The average molecular weight is 353 g/mol. The zero-order chi connectivity index (χ0) is 18.4. The first kappa shape index (κ1) is 18.6. The van der Waals surface area contributed by atoms with Gasteiger partial charge in [0.05, 0.1) is 6.10 Å². The molecule has 0 spiro atoms. The van der Waals surface area contributed by atoms with Gasteiger partial charge in [0.2, 0.25) is 0 Å². The summed E-state index contributed by atoms with van der Waals surface area (Å²) in [5.74, 6) is -0.0791. The van der Waals surface area contributed by atoms with Crippen molar-refractivity contribution >= 4 is 5.91 Å². The minimum Gasteiger partial charge on any atom is -0.393 e. The van der Waals surface area contributed by atoms with E-state index in [-0.39, 0.29) is 12.0 Å². The van der Waals surface area contributed by atoms with Crippen molar-refractivity contribution in [1.82, 2.24) is 10.2 Å². The Kier molecular flexibility index (Phi) is 6.39. The number of amides is 1. The Morgan fingerprint density at radius 3 is 2.19 bits per heavy atom. The normalized spacial score (nSPS) is 15.8. The molecule has 0 atom stereocenters. The van der Waals surface area contributed by atoms with Crippen LogP contribution in [0.1, 0.15) is 39.9 Å². The first-order chi connectivity index (χ1) is 12.6. The van der Waals surface area contributed by atoms with Crippen LogP contribution in [0.2, 0.25) is 0 Å². The van der Waals surface area contributed by atoms with Gasteiger partial charge in [0.1, 0.15) is 0 Å². The van der Waals surface area contributed by atoms with E-state index in [0.717, 1.165) is 43.6 Å². The van der Waals surface area contributed by atoms with Crippen molar-refractivity contribution in [1.29, 1.82) is 0 Å². The fraction of sp³-hybridized carbons (Fsp3) is 0.381. The fourth-order valence-electron chi connectivity index (χ4n) is 3.17. The molecule has 1 heterocycles. The van der Waals surface area contributed by atoms with Gasteiger partial charge in [-0.1, -0.05) is 36.4 Å². The standard InChI is InChI=1S/C21H27N3O2/c22-13-16-5-7-19(8-6-16)21(26)23-14-17-1-3-18(4-2-17)15-24-11-9-20(25)10-12-24/h1-8,20,25H,9-15,22H2,(H,23,26). The number of hydrogen-bond donors (Lipinski definition) is 3. The van der Waals surface area contributed by atoms with Gasteiger partial charge >= 0.3 is 0 Å². The van der Waals surface area contributed by atoms with Gasteiger partial charge < -0.3 is 16.2 Å². The molecule has 5 heteroatoms. The van der Waals surface area contributed by atoms with Crippen molar-refractivity contribution in [3.05, 3.63) is 70.8 Å². The molecule has 3 rings (SSSR count). The van der Waals surface area contributed by atoms with Crippen LogP contribution in [-0.4, -0.2) is 35.1 Å². The van der Waals surface area contributed by atoms with Crippen LogP contribution in [0.3, 0.4) is 0 Å². The minimum absolute atomic E-state index is 0.0791. The van der Waals surface area contributed by atoms with Crippen LogP contribution in [0.15, 0.2) is 48.5 Å². The highest BCUT2D eigenvalue weighted by atomic mass is 16.3. The molecule has 0 aliphatic carbocycles. The molecule has 2 aromatic carbocycles. The van der Waals surface area contributed by atoms with E-state index in [9.17, 15) is 9.90 Å². The van der Waals surface area contributed by atoms with Crippen molar-refractivity contribution < 1.29 is 9.90 Å². The van der Waals surface area contributed by atoms with Crippen molar-refractivity contribution in [2.75, 3.05) is 13.1 Å². The smallest absolute Gasteiger partial charge is 0.251 e. The third kappa shape index (κ3) is 5.14. The third-order valence-electron chi connectivity index (χ3n) is 4.89. The van der Waals surface area contributed by atoms with Gasteiger partial charge in [-0.25, -0.2) is 0 Å². The summed E-state index contributed by atoms with van der Waals surface area (Å²) < 4.78 is 0. The van der Waals surface area contributed by atoms with Crippen LogP contribution in [0.25, 0.3) is 0 Å². The third-order valence-corrected chi connectivity index (χ3v) is 4.89. The molecule has 0 radical (unpaired) electrons. The molecular weight excluding hydrogens is 326 g/mol. The lowest BCUT2D eigenvalue weighted by atomic mass is 10.1. The molecule has 1 fully saturated rings. The van der Waals surface area contributed by atoms with Gasteiger partial charge in [-0.15, -0.1) is 0 Å². The lowest BCUT2D eigenvalue weighted by Crippen LogP contribution is -2.35. The molecule has 0 bridgehead atoms. The number of piperidine rings is 1. The van der Waals surface area contributed by atoms with E-state index < -0.39 is 0 Å². The first-order valence-corrected chi connectivity index (χ1v) is 9.19. The Morgan fingerprint density at radius 1 is 1.00 bits per heavy atom. The zero-order valence-electron chi connectivity index (χ0n) is 15.0. The van der Waals surface area contributed by atoms with Crippen LogP contribution >= 0.6 is 0 Å². The van der Waals surface area contributed by atoms with Crippen LogP contribution in [0.4, 0.5) is 0 Å². The molecule has 1 saturated heterocycles. The summed E-state index contributed by atoms with van der Waals surface area (Å²) >= 11 is 0. The Bertz CT molecular complexity index is 705. The summed E-state index contributed by atoms with van der Waals surface area (Å²) in [7, 11) is 0. The molecule has 0 unspecified atom stereocenters. The molecular formula is C21H27N3O2. The molecule has 138 valence electrons. The number of carbonyl (C=O) groups excluding carboxylic acids is 1. The molecule has 1 aliphatic rings. The maximum absolute atomic E-state index is 12.2. The van der Waals surface area contributed by atoms with Crippen LogP contribution in [-0.2, 0) is 19.6 Å². The summed E-state index contributed by atoms with van der Waals surface area (Å²) in [6, 6.07) is 15.7. The monoisotopic (exact) mass is 353 g/mol. The Morgan fingerprint density at radius 2 is 1.58 bits per heavy atom. The molecule has 26 heavy (non-hydrogen) atoms. The van der Waals surface area contributed by atoms with Crippen molar-refractivity contribution in [3.8, 4) is 0 Å². The largest absolute Gasteiger partial charge is 0.393 e. The number of aliphatic hydroxyl groups excluding tert-OH is 1. The first-order valence-electron chi connectivity index (χ1n) is 9.19. The van der Waals surface area contributed by atoms with Crippen molar-refractivity contribution in [2.24, 2.45) is 5.73 Å². The summed E-state index contributed by atoms with van der Waals surface area (Å²) in [6.07, 6.45) is 1.58. The molecule has 2 aromatic rings. The highest BCUT2D eigenvalue weighted by Crippen LogP contribution is 2.14. The number of likely N-dealkylation sites (tertiary alicyclic amines) is 1. The second kappa shape index (κ2) is 8.94. The second-order valence-electron chi connectivity index (χ2n) is 6.91. The number of nitrogens with two attached hydrogens (primary N) is 1. The van der Waals surface area contributed by atoms with Gasteiger partial charge in [0.25, 0.3) is 5.91 Å². The van der Waals surface area contributed by atoms with E-state index in [1.807, 2.05) is 12.1 Å². The number of aliphatic hydroxyl groups is 1. The van der Waals surface area contributed by atoms with E-state index in [1.54, 1.807) is 12.1 Å². The maximum Gasteiger partial charge on any atom is 0.251 e. The lowest BCUT2D eigenvalue weighted by Gasteiger charge is -2.29. The number of nitrogens with one attached hydrogen (secondary N) is 1. The SMILES string of the molecule is NCc1ccc(C(=O)NCc2ccc(CN3CCC(O)CC3)cc2)cc1. The lowest BCUT2D eigenvalue weighted by molar-refractivity contribution is 0.0792. The van der Waals surface area contributed by atoms with Gasteiger partial charge in [-0.2, -0.15) is 0 Å². The quantitative estimate of drug-likeness (QED) is 0.742. The van der Waals surface area contributed by atoms with Crippen molar-refractivity contribution in [3.63, 3.8) is 0 Å². The Balaban J connectivity index is 1.48. The van der Waals surface area contributed by atoms with E-state index in [1.165, 1.54) is 5.56 Å². The minimum atomic E-state index is -0.135. The summed E-state index contributed by atoms with van der Waals surface area (Å²) in [5, 5.41) is 12.5. The molecule has 0 aromatic heterocycles. The van der Waals surface area contributed by atoms with Crippen molar-refractivity contribution in [2.45, 2.75) is 38.6 Å². The predicted octanol–water partition coefficient (Wildman–Crippen LogP) is 2.03. The van der Waals surface area contributed by atoms with Gasteiger partial charge in [0, 0.05) is 38.3 Å². The number of hydrogen-bond acceptors (Lipinski definition) is 4. The molecule has 4 N–H and O–H groups in total. The Hall–Kier alpha value is -2.21. The van der Waals surface area contributed by atoms with E-state index in [0.29, 0.717) is 18.7 Å². The highest BCUT2D eigenvalue weighted by molar-refractivity contribution is 5.94. The summed E-state index contributed by atoms with van der Waals surface area (Å²) in [4.78, 5) is 14.6. The van der Waals surface area contributed by atoms with E-state index in [2.05, 4.69) is 34.5 Å². The van der Waals surface area contributed by atoms with Gasteiger partial charge in [-0.3, -0.25) is 9.69 Å². The Labute approximate surface area is 154 Å². The maximum atomic E-state index is 12.2. The van der Waals surface area contributed by atoms with Crippen LogP contribution in [0.5, 0.6) is 0 Å². The predicted molar refractivity (Wildman–Crippen MR) is 102 cm³/mol. The number of rotatable bonds is 6. The topological polar surface area (TPSA) is 78.6 Å². The van der Waals surface area contributed by atoms with E-state index >= 15 is 0 Å². The van der Waals surface area contributed by atoms with Gasteiger partial charge in [-0.05, 0) is 41.7 Å². The summed E-state index contributed by atoms with van der Waals surface area (Å²) in [6.45, 7) is 3.79. The molecule has 1 amide bonds. The number of nitrogens with zero attached hydrogens (tertiary/aromatic N) is 1. The average Bonchev–Trinajstić information content (AvgIpc) is 2.69.